The van der Waals surface area contributed by atoms with Crippen LogP contribution in [0.1, 0.15) is 12.5 Å². The van der Waals surface area contributed by atoms with E-state index in [-0.39, 0.29) is 5.82 Å². The summed E-state index contributed by atoms with van der Waals surface area (Å²) in [5, 5.41) is 0. The number of rotatable bonds is 5. The van der Waals surface area contributed by atoms with E-state index < -0.39 is 12.0 Å². The van der Waals surface area contributed by atoms with Crippen molar-refractivity contribution in [2.75, 3.05) is 6.61 Å². The molecule has 0 aliphatic carbocycles. The minimum absolute atomic E-state index is 0.265. The van der Waals surface area contributed by atoms with Crippen molar-refractivity contribution in [1.29, 1.82) is 0 Å². The lowest BCUT2D eigenvalue weighted by atomic mass is 10.00. The Kier molecular flexibility index (Phi) is 5.06. The van der Waals surface area contributed by atoms with Crippen molar-refractivity contribution in [3.8, 4) is 11.1 Å². The summed E-state index contributed by atoms with van der Waals surface area (Å²) in [5.41, 5.74) is 8.64. The molecule has 0 heterocycles. The zero-order chi connectivity index (χ0) is 15.2. The molecule has 2 aromatic carbocycles. The van der Waals surface area contributed by atoms with Crippen LogP contribution in [0.15, 0.2) is 48.5 Å². The first kappa shape index (κ1) is 15.2. The zero-order valence-corrected chi connectivity index (χ0v) is 11.9. The van der Waals surface area contributed by atoms with Crippen LogP contribution in [0.4, 0.5) is 4.39 Å². The second kappa shape index (κ2) is 6.99. The van der Waals surface area contributed by atoms with E-state index in [4.69, 9.17) is 10.5 Å². The second-order valence-electron chi connectivity index (χ2n) is 4.77. The average molecular weight is 287 g/mol. The highest BCUT2D eigenvalue weighted by molar-refractivity contribution is 5.76. The Balaban J connectivity index is 2.14. The van der Waals surface area contributed by atoms with E-state index in [1.165, 1.54) is 12.1 Å². The summed E-state index contributed by atoms with van der Waals surface area (Å²) >= 11 is 0. The first-order chi connectivity index (χ1) is 10.1. The van der Waals surface area contributed by atoms with Crippen LogP contribution in [0.3, 0.4) is 0 Å². The van der Waals surface area contributed by atoms with Crippen LogP contribution in [-0.4, -0.2) is 18.6 Å². The number of carbonyl (C=O) groups excluding carboxylic acids is 1. The van der Waals surface area contributed by atoms with Crippen LogP contribution >= 0.6 is 0 Å². The molecule has 110 valence electrons. The fourth-order valence-electron chi connectivity index (χ4n) is 2.11. The summed E-state index contributed by atoms with van der Waals surface area (Å²) in [5.74, 6) is -0.663. The van der Waals surface area contributed by atoms with Gasteiger partial charge in [-0.15, -0.1) is 0 Å². The molecular formula is C17H18FNO2. The van der Waals surface area contributed by atoms with Crippen LogP contribution in [0.25, 0.3) is 11.1 Å². The minimum atomic E-state index is -0.673. The van der Waals surface area contributed by atoms with Gasteiger partial charge in [0.1, 0.15) is 11.9 Å². The van der Waals surface area contributed by atoms with Crippen LogP contribution in [0.5, 0.6) is 0 Å². The predicted molar refractivity (Wildman–Crippen MR) is 80.1 cm³/mol. The molecule has 3 nitrogen and oxygen atoms in total. The standard InChI is InChI=1S/C17H18FNO2/c1-2-21-17(20)16(19)11-12-4-3-5-14(10-12)13-6-8-15(18)9-7-13/h3-10,16H,2,11,19H2,1H3/t16-/m1/s1. The van der Waals surface area contributed by atoms with Gasteiger partial charge in [0.2, 0.25) is 0 Å². The fourth-order valence-corrected chi connectivity index (χ4v) is 2.11. The third kappa shape index (κ3) is 4.13. The molecule has 4 heteroatoms. The molecular weight excluding hydrogens is 269 g/mol. The molecule has 0 fully saturated rings. The van der Waals surface area contributed by atoms with Crippen LogP contribution in [-0.2, 0) is 16.0 Å². The van der Waals surface area contributed by atoms with Gasteiger partial charge < -0.3 is 10.5 Å². The molecule has 0 spiro atoms. The molecule has 0 aromatic heterocycles. The van der Waals surface area contributed by atoms with E-state index in [2.05, 4.69) is 0 Å². The highest BCUT2D eigenvalue weighted by Gasteiger charge is 2.15. The average Bonchev–Trinajstić information content (AvgIpc) is 2.48. The van der Waals surface area contributed by atoms with E-state index >= 15 is 0 Å². The number of carbonyl (C=O) groups is 1. The van der Waals surface area contributed by atoms with Crippen LogP contribution in [0.2, 0.25) is 0 Å². The smallest absolute Gasteiger partial charge is 0.323 e. The van der Waals surface area contributed by atoms with Crippen LogP contribution in [0, 0.1) is 5.82 Å². The summed E-state index contributed by atoms with van der Waals surface area (Å²) in [6, 6.07) is 13.3. The van der Waals surface area contributed by atoms with E-state index in [0.717, 1.165) is 16.7 Å². The van der Waals surface area contributed by atoms with Crippen molar-refractivity contribution in [1.82, 2.24) is 0 Å². The van der Waals surface area contributed by atoms with Gasteiger partial charge in [0.15, 0.2) is 0 Å². The van der Waals surface area contributed by atoms with Crippen molar-refractivity contribution in [3.05, 3.63) is 59.9 Å². The fraction of sp³-hybridized carbons (Fsp3) is 0.235. The summed E-state index contributed by atoms with van der Waals surface area (Å²) in [7, 11) is 0. The van der Waals surface area contributed by atoms with Gasteiger partial charge in [-0.2, -0.15) is 0 Å². The quantitative estimate of drug-likeness (QED) is 0.860. The van der Waals surface area contributed by atoms with Crippen molar-refractivity contribution in [2.24, 2.45) is 5.73 Å². The normalized spacial score (nSPS) is 12.0. The molecule has 21 heavy (non-hydrogen) atoms. The van der Waals surface area contributed by atoms with Gasteiger partial charge in [-0.3, -0.25) is 4.79 Å². The lowest BCUT2D eigenvalue weighted by Gasteiger charge is -2.11. The molecule has 0 radical (unpaired) electrons. The molecule has 2 rings (SSSR count). The monoisotopic (exact) mass is 287 g/mol. The molecule has 1 atom stereocenters. The molecule has 0 bridgehead atoms. The summed E-state index contributed by atoms with van der Waals surface area (Å²) < 4.78 is 17.8. The third-order valence-electron chi connectivity index (χ3n) is 3.15. The molecule has 2 aromatic rings. The third-order valence-corrected chi connectivity index (χ3v) is 3.15. The van der Waals surface area contributed by atoms with Crippen LogP contribution < -0.4 is 5.73 Å². The van der Waals surface area contributed by atoms with Gasteiger partial charge in [0, 0.05) is 0 Å². The Bertz CT molecular complexity index is 610. The van der Waals surface area contributed by atoms with E-state index in [0.29, 0.717) is 13.0 Å². The number of benzene rings is 2. The van der Waals surface area contributed by atoms with Gasteiger partial charge in [0.25, 0.3) is 0 Å². The molecule has 0 amide bonds. The topological polar surface area (TPSA) is 52.3 Å². The van der Waals surface area contributed by atoms with Gasteiger partial charge in [0.05, 0.1) is 6.61 Å². The predicted octanol–water partition coefficient (Wildman–Crippen LogP) is 2.93. The molecule has 0 saturated heterocycles. The molecule has 0 aliphatic heterocycles. The Hall–Kier alpha value is -2.20. The van der Waals surface area contributed by atoms with Gasteiger partial charge >= 0.3 is 5.97 Å². The molecule has 0 aliphatic rings. The highest BCUT2D eigenvalue weighted by Crippen LogP contribution is 2.21. The van der Waals surface area contributed by atoms with Crippen molar-refractivity contribution >= 4 is 5.97 Å². The lowest BCUT2D eigenvalue weighted by molar-refractivity contribution is -0.144. The second-order valence-corrected chi connectivity index (χ2v) is 4.77. The maximum absolute atomic E-state index is 12.9. The molecule has 0 unspecified atom stereocenters. The largest absolute Gasteiger partial charge is 0.465 e. The maximum Gasteiger partial charge on any atom is 0.323 e. The van der Waals surface area contributed by atoms with Gasteiger partial charge in [-0.05, 0) is 42.2 Å². The van der Waals surface area contributed by atoms with Crippen molar-refractivity contribution < 1.29 is 13.9 Å². The first-order valence-corrected chi connectivity index (χ1v) is 6.87. The van der Waals surface area contributed by atoms with Crippen molar-refractivity contribution in [2.45, 2.75) is 19.4 Å². The number of nitrogens with two attached hydrogens (primary N) is 1. The number of hydrogen-bond acceptors (Lipinski definition) is 3. The van der Waals surface area contributed by atoms with E-state index in [9.17, 15) is 9.18 Å². The van der Waals surface area contributed by atoms with Gasteiger partial charge in [-0.1, -0.05) is 36.4 Å². The Morgan fingerprint density at radius 3 is 2.57 bits per heavy atom. The van der Waals surface area contributed by atoms with E-state index in [1.807, 2.05) is 24.3 Å². The molecule has 0 saturated carbocycles. The summed E-state index contributed by atoms with van der Waals surface area (Å²) in [6.07, 6.45) is 0.411. The maximum atomic E-state index is 12.9. The lowest BCUT2D eigenvalue weighted by Crippen LogP contribution is -2.34. The number of ether oxygens (including phenoxy) is 1. The Labute approximate surface area is 123 Å². The number of halogens is 1. The van der Waals surface area contributed by atoms with E-state index in [1.54, 1.807) is 19.1 Å². The SMILES string of the molecule is CCOC(=O)[C@H](N)Cc1cccc(-c2ccc(F)cc2)c1. The minimum Gasteiger partial charge on any atom is -0.465 e. The zero-order valence-electron chi connectivity index (χ0n) is 11.9. The Morgan fingerprint density at radius 2 is 1.90 bits per heavy atom. The van der Waals surface area contributed by atoms with Gasteiger partial charge in [-0.25, -0.2) is 4.39 Å². The molecule has 2 N–H and O–H groups in total. The number of hydrogen-bond donors (Lipinski definition) is 1. The van der Waals surface area contributed by atoms with Crippen molar-refractivity contribution in [3.63, 3.8) is 0 Å². The first-order valence-electron chi connectivity index (χ1n) is 6.87. The highest BCUT2D eigenvalue weighted by atomic mass is 19.1. The summed E-state index contributed by atoms with van der Waals surface area (Å²) in [4.78, 5) is 11.6. The number of esters is 1. The summed E-state index contributed by atoms with van der Waals surface area (Å²) in [6.45, 7) is 2.07. The Morgan fingerprint density at radius 1 is 1.19 bits per heavy atom.